The van der Waals surface area contributed by atoms with E-state index in [0.29, 0.717) is 17.1 Å². The van der Waals surface area contributed by atoms with Gasteiger partial charge >= 0.3 is 0 Å². The smallest absolute Gasteiger partial charge is 0.164 e. The van der Waals surface area contributed by atoms with Crippen LogP contribution in [-0.4, -0.2) is 5.78 Å². The molecule has 3 aliphatic rings. The molecule has 3 rings (SSSR count). The fraction of sp³-hybridized carbons (Fsp3) is 0.762. The Hall–Kier alpha value is -0.370. The first kappa shape index (κ1) is 17.5. The molecule has 23 heavy (non-hydrogen) atoms. The zero-order chi connectivity index (χ0) is 16.8. The summed E-state index contributed by atoms with van der Waals surface area (Å²) in [6.07, 6.45) is 10.9. The van der Waals surface area contributed by atoms with Crippen molar-refractivity contribution in [1.29, 1.82) is 0 Å². The first-order valence-electron chi connectivity index (χ1n) is 9.34. The molecule has 0 bridgehead atoms. The monoisotopic (exact) mass is 378 g/mol. The van der Waals surface area contributed by atoms with Crippen LogP contribution in [0.3, 0.4) is 0 Å². The summed E-state index contributed by atoms with van der Waals surface area (Å²) in [7, 11) is 0. The van der Waals surface area contributed by atoms with Crippen molar-refractivity contribution >= 4 is 21.7 Å². The Kier molecular flexibility index (Phi) is 4.68. The Balaban J connectivity index is 1.81. The van der Waals surface area contributed by atoms with E-state index < -0.39 is 0 Å². The Bertz CT molecular complexity index is 556. The number of hydrogen-bond acceptors (Lipinski definition) is 1. The molecule has 0 spiro atoms. The van der Waals surface area contributed by atoms with Crippen LogP contribution in [0.25, 0.3) is 0 Å². The maximum atomic E-state index is 12.6. The normalized spacial score (nSPS) is 41.5. The van der Waals surface area contributed by atoms with Gasteiger partial charge in [-0.05, 0) is 78.7 Å². The molecule has 0 aliphatic heterocycles. The highest BCUT2D eigenvalue weighted by Crippen LogP contribution is 2.59. The maximum Gasteiger partial charge on any atom is 0.164 e. The van der Waals surface area contributed by atoms with E-state index in [1.165, 1.54) is 32.1 Å². The van der Waals surface area contributed by atoms with Crippen molar-refractivity contribution < 1.29 is 4.79 Å². The summed E-state index contributed by atoms with van der Waals surface area (Å²) in [5.74, 6) is 2.39. The molecular weight excluding hydrogens is 348 g/mol. The summed E-state index contributed by atoms with van der Waals surface area (Å²) >= 11 is 3.60. The number of rotatable bonds is 2. The molecule has 0 heterocycles. The van der Waals surface area contributed by atoms with Gasteiger partial charge in [-0.2, -0.15) is 0 Å². The quantitative estimate of drug-likeness (QED) is 0.505. The molecule has 2 heteroatoms. The molecule has 3 saturated carbocycles. The molecular formula is C21H31BrO. The lowest BCUT2D eigenvalue weighted by atomic mass is 9.61. The third kappa shape index (κ3) is 2.90. The molecule has 3 fully saturated rings. The minimum atomic E-state index is -0.135. The zero-order valence-electron chi connectivity index (χ0n) is 15.1. The van der Waals surface area contributed by atoms with Gasteiger partial charge in [0.15, 0.2) is 5.78 Å². The fourth-order valence-electron chi connectivity index (χ4n) is 5.78. The van der Waals surface area contributed by atoms with Crippen LogP contribution in [0.4, 0.5) is 0 Å². The van der Waals surface area contributed by atoms with Gasteiger partial charge in [0, 0.05) is 5.41 Å². The first-order valence-corrected chi connectivity index (χ1v) is 10.3. The van der Waals surface area contributed by atoms with Crippen molar-refractivity contribution in [2.24, 2.45) is 28.6 Å². The van der Waals surface area contributed by atoms with Gasteiger partial charge in [0.1, 0.15) is 0 Å². The number of carbonyl (C=O) groups excluding carboxylic acids is 1. The van der Waals surface area contributed by atoms with E-state index in [4.69, 9.17) is 0 Å². The molecule has 0 aromatic heterocycles. The molecule has 0 aromatic rings. The summed E-state index contributed by atoms with van der Waals surface area (Å²) < 4.78 is 0. The van der Waals surface area contributed by atoms with Crippen molar-refractivity contribution in [2.45, 2.75) is 72.6 Å². The Morgan fingerprint density at radius 1 is 1.17 bits per heavy atom. The molecule has 0 unspecified atom stereocenters. The van der Waals surface area contributed by atoms with Gasteiger partial charge in [-0.15, -0.1) is 0 Å². The van der Waals surface area contributed by atoms with Gasteiger partial charge in [0.25, 0.3) is 0 Å². The number of halogens is 1. The van der Waals surface area contributed by atoms with Crippen molar-refractivity contribution in [3.8, 4) is 0 Å². The number of fused-ring (bicyclic) bond motifs is 1. The van der Waals surface area contributed by atoms with E-state index in [-0.39, 0.29) is 5.41 Å². The van der Waals surface area contributed by atoms with Crippen molar-refractivity contribution in [2.75, 3.05) is 0 Å². The van der Waals surface area contributed by atoms with Crippen LogP contribution >= 0.6 is 15.9 Å². The fourth-order valence-corrected chi connectivity index (χ4v) is 6.32. The van der Waals surface area contributed by atoms with Gasteiger partial charge in [-0.25, -0.2) is 0 Å². The maximum absolute atomic E-state index is 12.6. The highest BCUT2D eigenvalue weighted by molar-refractivity contribution is 9.11. The molecule has 4 atom stereocenters. The molecule has 0 N–H and O–H groups in total. The molecule has 0 saturated heterocycles. The van der Waals surface area contributed by atoms with E-state index in [0.717, 1.165) is 30.3 Å². The average molecular weight is 379 g/mol. The van der Waals surface area contributed by atoms with Crippen LogP contribution in [-0.2, 0) is 4.79 Å². The molecule has 128 valence electrons. The largest absolute Gasteiger partial charge is 0.294 e. The van der Waals surface area contributed by atoms with Crippen molar-refractivity contribution in [3.63, 3.8) is 0 Å². The molecule has 0 amide bonds. The summed E-state index contributed by atoms with van der Waals surface area (Å²) in [6, 6.07) is 0. The average Bonchev–Trinajstić information content (AvgIpc) is 2.98. The predicted molar refractivity (Wildman–Crippen MR) is 100 cm³/mol. The van der Waals surface area contributed by atoms with Gasteiger partial charge in [0.2, 0.25) is 0 Å². The lowest BCUT2D eigenvalue weighted by Crippen LogP contribution is -2.35. The minimum absolute atomic E-state index is 0.135. The molecule has 0 aromatic carbocycles. The highest BCUT2D eigenvalue weighted by atomic mass is 79.9. The van der Waals surface area contributed by atoms with Crippen molar-refractivity contribution in [3.05, 3.63) is 22.2 Å². The van der Waals surface area contributed by atoms with Crippen LogP contribution in [0, 0.1) is 28.6 Å². The van der Waals surface area contributed by atoms with Crippen molar-refractivity contribution in [1.82, 2.24) is 0 Å². The van der Waals surface area contributed by atoms with Gasteiger partial charge < -0.3 is 0 Å². The second-order valence-electron chi connectivity index (χ2n) is 9.04. The van der Waals surface area contributed by atoms with Gasteiger partial charge in [-0.3, -0.25) is 4.79 Å². The number of hydrogen-bond donors (Lipinski definition) is 0. The van der Waals surface area contributed by atoms with Crippen LogP contribution in [0.5, 0.6) is 0 Å². The zero-order valence-corrected chi connectivity index (χ0v) is 16.7. The van der Waals surface area contributed by atoms with E-state index in [1.807, 2.05) is 0 Å². The summed E-state index contributed by atoms with van der Waals surface area (Å²) in [5, 5.41) is 0. The summed E-state index contributed by atoms with van der Waals surface area (Å²) in [6.45, 7) is 9.07. The van der Waals surface area contributed by atoms with Gasteiger partial charge in [-0.1, -0.05) is 55.3 Å². The number of Topliss-reactive ketones (excluding diaryl/α,β-unsaturated/α-hetero) is 1. The standard InChI is InChI=1S/C21H31BrO/c1-14(12-15-9-11-20(2,3)19(15)23)17-7-8-18-16(13-22)6-5-10-21(17,18)4/h12-14,17-18H,5-11H2,1-4H3/b15-12+,16-13+/t14-,17-,18+,21-/m1/s1. The van der Waals surface area contributed by atoms with E-state index >= 15 is 0 Å². The summed E-state index contributed by atoms with van der Waals surface area (Å²) in [4.78, 5) is 14.8. The first-order chi connectivity index (χ1) is 10.8. The Labute approximate surface area is 150 Å². The third-order valence-electron chi connectivity index (χ3n) is 7.20. The number of ketones is 1. The van der Waals surface area contributed by atoms with E-state index in [9.17, 15) is 4.79 Å². The predicted octanol–water partition coefficient (Wildman–Crippen LogP) is 6.43. The van der Waals surface area contributed by atoms with E-state index in [1.54, 1.807) is 5.57 Å². The minimum Gasteiger partial charge on any atom is -0.294 e. The summed E-state index contributed by atoms with van der Waals surface area (Å²) in [5.41, 5.74) is 3.02. The van der Waals surface area contributed by atoms with Gasteiger partial charge in [0.05, 0.1) is 0 Å². The topological polar surface area (TPSA) is 17.1 Å². The molecule has 3 aliphatic carbocycles. The molecule has 0 radical (unpaired) electrons. The highest BCUT2D eigenvalue weighted by Gasteiger charge is 2.50. The molecule has 1 nitrogen and oxygen atoms in total. The SMILES string of the molecule is C[C@H](/C=C1\CCC(C)(C)C1=O)[C@H]1CC[C@H]2/C(=C/Br)CCC[C@]12C. The van der Waals surface area contributed by atoms with E-state index in [2.05, 4.69) is 54.7 Å². The Morgan fingerprint density at radius 2 is 1.91 bits per heavy atom. The third-order valence-corrected chi connectivity index (χ3v) is 7.79. The second-order valence-corrected chi connectivity index (χ2v) is 9.50. The lowest BCUT2D eigenvalue weighted by Gasteiger charge is -2.44. The number of allylic oxidation sites excluding steroid dienone is 3. The number of carbonyl (C=O) groups is 1. The van der Waals surface area contributed by atoms with Crippen LogP contribution in [0.2, 0.25) is 0 Å². The second kappa shape index (κ2) is 6.17. The van der Waals surface area contributed by atoms with Crippen LogP contribution in [0.1, 0.15) is 72.6 Å². The Morgan fingerprint density at radius 3 is 2.52 bits per heavy atom. The van der Waals surface area contributed by atoms with Crippen LogP contribution < -0.4 is 0 Å². The lowest BCUT2D eigenvalue weighted by molar-refractivity contribution is -0.121. The van der Waals surface area contributed by atoms with Crippen LogP contribution in [0.15, 0.2) is 22.2 Å².